The van der Waals surface area contributed by atoms with Crippen molar-refractivity contribution in [1.29, 1.82) is 0 Å². The first-order valence-corrected chi connectivity index (χ1v) is 7.83. The highest BCUT2D eigenvalue weighted by atomic mass is 32.2. The van der Waals surface area contributed by atoms with Crippen LogP contribution in [0.25, 0.3) is 0 Å². The molecule has 7 heteroatoms. The first-order valence-electron chi connectivity index (χ1n) is 6.95. The monoisotopic (exact) mass is 305 g/mol. The van der Waals surface area contributed by atoms with Crippen LogP contribution in [-0.2, 0) is 7.05 Å². The highest BCUT2D eigenvalue weighted by Gasteiger charge is 2.32. The number of hydrogen-bond donors (Lipinski definition) is 1. The Kier molecular flexibility index (Phi) is 3.32. The number of nitrogens with zero attached hydrogens (tertiary/aromatic N) is 4. The topological polar surface area (TPSA) is 68.0 Å². The smallest absolute Gasteiger partial charge is 0.271 e. The molecule has 0 saturated carbocycles. The van der Waals surface area contributed by atoms with Crippen molar-refractivity contribution in [2.75, 3.05) is 0 Å². The third kappa shape index (κ3) is 2.16. The van der Waals surface area contributed by atoms with Crippen molar-refractivity contribution in [3.63, 3.8) is 0 Å². The molecule has 0 spiro atoms. The first kappa shape index (κ1) is 14.2. The van der Waals surface area contributed by atoms with E-state index in [1.54, 1.807) is 11.8 Å². The first-order chi connectivity index (χ1) is 9.90. The number of aryl methyl sites for hydroxylation is 1. The Labute approximate surface area is 127 Å². The van der Waals surface area contributed by atoms with Crippen LogP contribution in [0.5, 0.6) is 0 Å². The molecular formula is C14H19N5OS. The molecule has 3 heterocycles. The van der Waals surface area contributed by atoms with Crippen LogP contribution in [0.4, 0.5) is 5.82 Å². The standard InChI is InChI=1S/C14H19N5OS/c1-7(2)19-13-11(14(20)17-19)12(21-9(4)16-13)10-6-15-18(5)8(10)3/h6-7,12H,1-5H3,(H,17,20)/t12-/m1/s1. The number of rotatable bonds is 2. The number of nitrogens with one attached hydrogen (secondary N) is 1. The van der Waals surface area contributed by atoms with Crippen LogP contribution in [0.2, 0.25) is 0 Å². The number of aliphatic imine (C=N–C) groups is 1. The van der Waals surface area contributed by atoms with Gasteiger partial charge in [0.25, 0.3) is 5.56 Å². The third-order valence-corrected chi connectivity index (χ3v) is 4.98. The Hall–Kier alpha value is -1.76. The Bertz CT molecular complexity index is 780. The number of fused-ring (bicyclic) bond motifs is 1. The number of hydrogen-bond acceptors (Lipinski definition) is 4. The summed E-state index contributed by atoms with van der Waals surface area (Å²) >= 11 is 1.61. The molecule has 1 atom stereocenters. The van der Waals surface area contributed by atoms with Crippen LogP contribution in [0.3, 0.4) is 0 Å². The minimum absolute atomic E-state index is 0.0463. The summed E-state index contributed by atoms with van der Waals surface area (Å²) in [5, 5.41) is 8.14. The summed E-state index contributed by atoms with van der Waals surface area (Å²) < 4.78 is 3.68. The molecule has 112 valence electrons. The van der Waals surface area contributed by atoms with Gasteiger partial charge in [-0.3, -0.25) is 19.3 Å². The zero-order valence-corrected chi connectivity index (χ0v) is 13.7. The molecule has 2 aromatic rings. The minimum atomic E-state index is -0.0595. The second-order valence-corrected chi connectivity index (χ2v) is 6.88. The number of H-pyrrole nitrogens is 1. The highest BCUT2D eigenvalue weighted by molar-refractivity contribution is 8.14. The van der Waals surface area contributed by atoms with Crippen molar-refractivity contribution in [2.24, 2.45) is 12.0 Å². The van der Waals surface area contributed by atoms with Crippen molar-refractivity contribution in [1.82, 2.24) is 19.6 Å². The van der Waals surface area contributed by atoms with Crippen molar-refractivity contribution >= 4 is 22.6 Å². The lowest BCUT2D eigenvalue weighted by atomic mass is 10.1. The van der Waals surface area contributed by atoms with Gasteiger partial charge in [-0.05, 0) is 27.7 Å². The lowest BCUT2D eigenvalue weighted by Gasteiger charge is -2.21. The van der Waals surface area contributed by atoms with Crippen molar-refractivity contribution in [2.45, 2.75) is 39.0 Å². The van der Waals surface area contributed by atoms with Crippen LogP contribution in [0, 0.1) is 6.92 Å². The second kappa shape index (κ2) is 4.91. The van der Waals surface area contributed by atoms with E-state index in [9.17, 15) is 4.79 Å². The molecule has 1 N–H and O–H groups in total. The summed E-state index contributed by atoms with van der Waals surface area (Å²) in [6.07, 6.45) is 1.85. The van der Waals surface area contributed by atoms with Gasteiger partial charge < -0.3 is 0 Å². The summed E-state index contributed by atoms with van der Waals surface area (Å²) in [7, 11) is 1.91. The van der Waals surface area contributed by atoms with Gasteiger partial charge in [0.05, 0.1) is 22.1 Å². The van der Waals surface area contributed by atoms with Crippen LogP contribution < -0.4 is 5.56 Å². The Morgan fingerprint density at radius 2 is 2.10 bits per heavy atom. The average Bonchev–Trinajstić information content (AvgIpc) is 2.91. The SMILES string of the molecule is CC1=Nc2c(c(=O)[nH]n2C(C)C)[C@@H](c2cnn(C)c2C)S1. The molecule has 0 aromatic carbocycles. The van der Waals surface area contributed by atoms with Gasteiger partial charge in [0.15, 0.2) is 5.82 Å². The summed E-state index contributed by atoms with van der Waals surface area (Å²) in [6.45, 7) is 8.08. The van der Waals surface area contributed by atoms with Gasteiger partial charge in [-0.2, -0.15) is 5.10 Å². The van der Waals surface area contributed by atoms with Gasteiger partial charge in [0.2, 0.25) is 0 Å². The molecule has 0 radical (unpaired) electrons. The van der Waals surface area contributed by atoms with Crippen LogP contribution in [0.1, 0.15) is 48.9 Å². The van der Waals surface area contributed by atoms with Gasteiger partial charge in [-0.15, -0.1) is 0 Å². The maximum atomic E-state index is 12.4. The summed E-state index contributed by atoms with van der Waals surface area (Å²) in [4.78, 5) is 17.0. The second-order valence-electron chi connectivity index (χ2n) is 5.58. The fourth-order valence-corrected chi connectivity index (χ4v) is 3.74. The van der Waals surface area contributed by atoms with Crippen molar-refractivity contribution in [3.8, 4) is 0 Å². The maximum absolute atomic E-state index is 12.4. The number of thioether (sulfide) groups is 1. The molecule has 1 aliphatic rings. The van der Waals surface area contributed by atoms with E-state index in [1.807, 2.05) is 50.3 Å². The van der Waals surface area contributed by atoms with Gasteiger partial charge in [0.1, 0.15) is 0 Å². The maximum Gasteiger partial charge on any atom is 0.271 e. The van der Waals surface area contributed by atoms with Crippen molar-refractivity contribution < 1.29 is 0 Å². The Balaban J connectivity index is 2.23. The number of aromatic nitrogens is 4. The summed E-state index contributed by atoms with van der Waals surface area (Å²) in [6, 6.07) is 0.164. The molecule has 21 heavy (non-hydrogen) atoms. The molecule has 2 aromatic heterocycles. The van der Waals surface area contributed by atoms with E-state index in [0.29, 0.717) is 0 Å². The molecule has 1 aliphatic heterocycles. The molecule has 0 unspecified atom stereocenters. The van der Waals surface area contributed by atoms with Gasteiger partial charge in [-0.25, -0.2) is 4.99 Å². The highest BCUT2D eigenvalue weighted by Crippen LogP contribution is 2.44. The molecular weight excluding hydrogens is 286 g/mol. The predicted octanol–water partition coefficient (Wildman–Crippen LogP) is 2.69. The van der Waals surface area contributed by atoms with E-state index in [1.165, 1.54) is 0 Å². The fraction of sp³-hybridized carbons (Fsp3) is 0.500. The summed E-state index contributed by atoms with van der Waals surface area (Å²) in [5.41, 5.74) is 2.82. The normalized spacial score (nSPS) is 18.0. The predicted molar refractivity (Wildman–Crippen MR) is 85.6 cm³/mol. The van der Waals surface area contributed by atoms with E-state index in [2.05, 4.69) is 15.2 Å². The van der Waals surface area contributed by atoms with E-state index >= 15 is 0 Å². The van der Waals surface area contributed by atoms with Gasteiger partial charge in [0, 0.05) is 24.3 Å². The molecule has 0 saturated heterocycles. The molecule has 0 bridgehead atoms. The van der Waals surface area contributed by atoms with E-state index < -0.39 is 0 Å². The lowest BCUT2D eigenvalue weighted by molar-refractivity contribution is 0.533. The van der Waals surface area contributed by atoms with E-state index in [-0.39, 0.29) is 16.9 Å². The summed E-state index contributed by atoms with van der Waals surface area (Å²) in [5.74, 6) is 0.750. The zero-order valence-electron chi connectivity index (χ0n) is 12.8. The largest absolute Gasteiger partial charge is 0.273 e. The van der Waals surface area contributed by atoms with Gasteiger partial charge in [-0.1, -0.05) is 11.8 Å². The van der Waals surface area contributed by atoms with Gasteiger partial charge >= 0.3 is 0 Å². The molecule has 0 fully saturated rings. The third-order valence-electron chi connectivity index (χ3n) is 3.82. The quantitative estimate of drug-likeness (QED) is 0.927. The molecule has 0 aliphatic carbocycles. The van der Waals surface area contributed by atoms with Crippen LogP contribution in [0.15, 0.2) is 16.0 Å². The number of aromatic amines is 1. The molecule has 0 amide bonds. The molecule has 3 rings (SSSR count). The Morgan fingerprint density at radius 1 is 1.38 bits per heavy atom. The Morgan fingerprint density at radius 3 is 2.67 bits per heavy atom. The molecule has 6 nitrogen and oxygen atoms in total. The van der Waals surface area contributed by atoms with Crippen molar-refractivity contribution in [3.05, 3.63) is 33.4 Å². The minimum Gasteiger partial charge on any atom is -0.273 e. The average molecular weight is 305 g/mol. The van der Waals surface area contributed by atoms with E-state index in [0.717, 1.165) is 27.7 Å². The van der Waals surface area contributed by atoms with Crippen LogP contribution >= 0.6 is 11.8 Å². The van der Waals surface area contributed by atoms with Crippen LogP contribution in [-0.4, -0.2) is 24.6 Å². The fourth-order valence-electron chi connectivity index (χ4n) is 2.58. The zero-order chi connectivity index (χ0) is 15.3. The van der Waals surface area contributed by atoms with E-state index in [4.69, 9.17) is 0 Å². The lowest BCUT2D eigenvalue weighted by Crippen LogP contribution is -2.14.